The zero-order valence-electron chi connectivity index (χ0n) is 28.4. The number of fused-ring (bicyclic) bond motifs is 12. The van der Waals surface area contributed by atoms with E-state index < -0.39 is 0 Å². The average molecular weight is 672 g/mol. The molecule has 5 heteroatoms. The van der Waals surface area contributed by atoms with Gasteiger partial charge in [-0.25, -0.2) is 4.98 Å². The molecule has 248 valence electrons. The minimum atomic E-state index is 0.0229. The molecule has 0 amide bonds. The normalized spacial score (nSPS) is 19.5. The lowest BCUT2D eigenvalue weighted by atomic mass is 9.70. The van der Waals surface area contributed by atoms with Crippen LogP contribution < -0.4 is 4.90 Å². The fraction of sp³-hybridized carbons (Fsp3) is 0.128. The van der Waals surface area contributed by atoms with E-state index in [1.54, 1.807) is 0 Å². The van der Waals surface area contributed by atoms with E-state index in [4.69, 9.17) is 13.8 Å². The van der Waals surface area contributed by atoms with E-state index in [0.29, 0.717) is 0 Å². The van der Waals surface area contributed by atoms with E-state index >= 15 is 0 Å². The molecule has 2 bridgehead atoms. The summed E-state index contributed by atoms with van der Waals surface area (Å²) in [5.74, 6) is 1.96. The highest BCUT2D eigenvalue weighted by atomic mass is 16.3. The Kier molecular flexibility index (Phi) is 5.78. The molecule has 5 nitrogen and oxygen atoms in total. The van der Waals surface area contributed by atoms with Crippen LogP contribution in [0.25, 0.3) is 60.3 Å². The van der Waals surface area contributed by atoms with Gasteiger partial charge < -0.3 is 18.3 Å². The maximum atomic E-state index is 6.94. The first-order valence-corrected chi connectivity index (χ1v) is 18.4. The van der Waals surface area contributed by atoms with Crippen LogP contribution in [0.4, 0.5) is 11.4 Å². The van der Waals surface area contributed by atoms with Gasteiger partial charge in [-0.05, 0) is 72.3 Å². The van der Waals surface area contributed by atoms with Crippen LogP contribution in [0.15, 0.2) is 160 Å². The third-order valence-corrected chi connectivity index (χ3v) is 11.9. The summed E-state index contributed by atoms with van der Waals surface area (Å²) in [5.41, 5.74) is 11.2. The van der Waals surface area contributed by atoms with Gasteiger partial charge in [0, 0.05) is 51.5 Å². The summed E-state index contributed by atoms with van der Waals surface area (Å²) in [4.78, 5) is 7.86. The van der Waals surface area contributed by atoms with Gasteiger partial charge in [0.25, 0.3) is 0 Å². The van der Waals surface area contributed by atoms with Crippen molar-refractivity contribution in [2.75, 3.05) is 4.90 Å². The van der Waals surface area contributed by atoms with Crippen LogP contribution >= 0.6 is 0 Å². The minimum Gasteiger partial charge on any atom is -0.461 e. The molecule has 0 saturated carbocycles. The molecule has 1 aliphatic heterocycles. The molecule has 6 aromatic carbocycles. The number of rotatable bonds is 2. The molecule has 9 aromatic rings. The Morgan fingerprint density at radius 3 is 2.48 bits per heavy atom. The van der Waals surface area contributed by atoms with Crippen LogP contribution in [0.2, 0.25) is 0 Å². The molecule has 0 fully saturated rings. The van der Waals surface area contributed by atoms with Crippen LogP contribution in [-0.2, 0) is 6.42 Å². The number of para-hydroxylation sites is 3. The Bertz CT molecular complexity index is 2980. The molecule has 3 aliphatic rings. The number of aryl methyl sites for hydroxylation is 1. The zero-order chi connectivity index (χ0) is 33.9. The highest BCUT2D eigenvalue weighted by Crippen LogP contribution is 2.54. The Morgan fingerprint density at radius 1 is 0.692 bits per heavy atom. The van der Waals surface area contributed by atoms with Gasteiger partial charge in [0.05, 0.1) is 28.0 Å². The van der Waals surface area contributed by atoms with Crippen molar-refractivity contribution in [2.24, 2.45) is 0 Å². The van der Waals surface area contributed by atoms with Gasteiger partial charge >= 0.3 is 0 Å². The maximum absolute atomic E-state index is 6.94. The average Bonchev–Trinajstić information content (AvgIpc) is 3.90. The van der Waals surface area contributed by atoms with Gasteiger partial charge in [0.2, 0.25) is 5.89 Å². The van der Waals surface area contributed by atoms with Gasteiger partial charge in [0.15, 0.2) is 5.58 Å². The number of aromatic nitrogens is 2. The molecule has 2 unspecified atom stereocenters. The summed E-state index contributed by atoms with van der Waals surface area (Å²) < 4.78 is 16.0. The molecule has 0 N–H and O–H groups in total. The number of hydrogen-bond acceptors (Lipinski definition) is 4. The molecular weight excluding hydrogens is 639 g/mol. The second-order valence-corrected chi connectivity index (χ2v) is 14.5. The number of benzene rings is 6. The fourth-order valence-electron chi connectivity index (χ4n) is 9.73. The number of anilines is 2. The number of nitrogens with zero attached hydrogens (tertiary/aromatic N) is 3. The van der Waals surface area contributed by atoms with Crippen molar-refractivity contribution >= 4 is 66.0 Å². The molecule has 0 spiro atoms. The molecule has 3 atom stereocenters. The predicted molar refractivity (Wildman–Crippen MR) is 210 cm³/mol. The second-order valence-electron chi connectivity index (χ2n) is 14.5. The molecular formula is C47H33N3O2. The summed E-state index contributed by atoms with van der Waals surface area (Å²) in [6.07, 6.45) is 9.48. The first-order chi connectivity index (χ1) is 25.8. The van der Waals surface area contributed by atoms with Crippen LogP contribution in [0.3, 0.4) is 0 Å². The van der Waals surface area contributed by atoms with Crippen molar-refractivity contribution < 1.29 is 8.83 Å². The summed E-state index contributed by atoms with van der Waals surface area (Å²) in [6, 6.07) is 46.3. The van der Waals surface area contributed by atoms with Crippen molar-refractivity contribution in [3.63, 3.8) is 0 Å². The van der Waals surface area contributed by atoms with Crippen LogP contribution in [0.5, 0.6) is 0 Å². The first kappa shape index (κ1) is 28.4. The Labute approximate surface area is 299 Å². The molecule has 0 saturated heterocycles. The largest absolute Gasteiger partial charge is 0.461 e. The molecule has 4 heterocycles. The van der Waals surface area contributed by atoms with Gasteiger partial charge in [-0.15, -0.1) is 0 Å². The van der Waals surface area contributed by atoms with E-state index in [1.807, 2.05) is 0 Å². The van der Waals surface area contributed by atoms with Crippen LogP contribution in [0, 0.1) is 0 Å². The highest BCUT2D eigenvalue weighted by Gasteiger charge is 2.44. The molecule has 2 aliphatic carbocycles. The Morgan fingerprint density at radius 2 is 1.54 bits per heavy atom. The summed E-state index contributed by atoms with van der Waals surface area (Å²) in [5, 5.41) is 5.96. The third-order valence-electron chi connectivity index (χ3n) is 11.9. The van der Waals surface area contributed by atoms with Crippen molar-refractivity contribution in [2.45, 2.75) is 37.1 Å². The SMILES string of the molecule is C1=CCC2C(=C1)[C@H]1c3c(oc4ccccc34)CCC1N(c1ccc3c4ccccc4n(-c4ccccc4)c3c1)c1cccc3ccc4nc2oc4c13. The summed E-state index contributed by atoms with van der Waals surface area (Å²) in [7, 11) is 0. The van der Waals surface area contributed by atoms with Gasteiger partial charge in [0.1, 0.15) is 16.9 Å². The molecule has 3 aromatic heterocycles. The second kappa shape index (κ2) is 10.6. The minimum absolute atomic E-state index is 0.0229. The van der Waals surface area contributed by atoms with Crippen molar-refractivity contribution in [3.8, 4) is 5.69 Å². The number of allylic oxidation sites excluding steroid dienone is 3. The predicted octanol–water partition coefficient (Wildman–Crippen LogP) is 12.0. The number of furan rings is 1. The van der Waals surface area contributed by atoms with E-state index in [9.17, 15) is 0 Å². The standard InChI is InChI=1S/C47H33N3O2/c1-2-12-29(13-3-1)49-37-18-8-6-14-31(37)32-23-22-30(27-40(32)49)50-38-19-10-11-28-21-24-36-46(43(28)38)52-47(48-36)34-16-5-4-15-33(34)44-39(50)25-26-42-45(44)35-17-7-9-20-41(35)51-42/h1-15,17-24,27,34,39,44H,16,25-26H2/t34?,39?,44-/m1/s1. The van der Waals surface area contributed by atoms with Crippen LogP contribution in [0.1, 0.15) is 41.9 Å². The van der Waals surface area contributed by atoms with Crippen molar-refractivity contribution in [3.05, 3.63) is 168 Å². The lowest BCUT2D eigenvalue weighted by Gasteiger charge is -2.44. The van der Waals surface area contributed by atoms with E-state index in [1.165, 1.54) is 38.3 Å². The highest BCUT2D eigenvalue weighted by molar-refractivity contribution is 6.13. The first-order valence-electron chi connectivity index (χ1n) is 18.4. The van der Waals surface area contributed by atoms with Gasteiger partial charge in [-0.1, -0.05) is 97.1 Å². The Balaban J connectivity index is 1.21. The van der Waals surface area contributed by atoms with E-state index in [-0.39, 0.29) is 17.9 Å². The summed E-state index contributed by atoms with van der Waals surface area (Å²) in [6.45, 7) is 0. The number of oxazole rings is 1. The van der Waals surface area contributed by atoms with Crippen molar-refractivity contribution in [1.29, 1.82) is 0 Å². The lowest BCUT2D eigenvalue weighted by molar-refractivity contribution is 0.416. The summed E-state index contributed by atoms with van der Waals surface area (Å²) >= 11 is 0. The monoisotopic (exact) mass is 671 g/mol. The van der Waals surface area contributed by atoms with Crippen molar-refractivity contribution in [1.82, 2.24) is 9.55 Å². The molecule has 0 radical (unpaired) electrons. The lowest BCUT2D eigenvalue weighted by Crippen LogP contribution is -2.41. The fourth-order valence-corrected chi connectivity index (χ4v) is 9.73. The zero-order valence-corrected chi connectivity index (χ0v) is 28.4. The maximum Gasteiger partial charge on any atom is 0.203 e. The van der Waals surface area contributed by atoms with Gasteiger partial charge in [-0.2, -0.15) is 0 Å². The molecule has 52 heavy (non-hydrogen) atoms. The Hall–Kier alpha value is -6.33. The molecule has 12 rings (SSSR count). The number of hydrogen-bond donors (Lipinski definition) is 0. The van der Waals surface area contributed by atoms with Crippen LogP contribution in [-0.4, -0.2) is 15.6 Å². The quantitative estimate of drug-likeness (QED) is 0.183. The topological polar surface area (TPSA) is 47.3 Å². The van der Waals surface area contributed by atoms with Gasteiger partial charge in [-0.3, -0.25) is 0 Å². The van der Waals surface area contributed by atoms with E-state index in [0.717, 1.165) is 75.4 Å². The smallest absolute Gasteiger partial charge is 0.203 e. The van der Waals surface area contributed by atoms with E-state index in [2.05, 4.69) is 155 Å². The third kappa shape index (κ3) is 3.85.